The Labute approximate surface area is 157 Å². The van der Waals surface area contributed by atoms with E-state index < -0.39 is 0 Å². The van der Waals surface area contributed by atoms with Crippen LogP contribution < -0.4 is 5.73 Å². The Hall–Kier alpha value is -3.49. The van der Waals surface area contributed by atoms with Crippen LogP contribution in [0.3, 0.4) is 0 Å². The van der Waals surface area contributed by atoms with Crippen LogP contribution in [-0.2, 0) is 0 Å². The molecule has 27 heavy (non-hydrogen) atoms. The van der Waals surface area contributed by atoms with Crippen molar-refractivity contribution < 1.29 is 0 Å². The molecular formula is C22H19N5. The third-order valence-corrected chi connectivity index (χ3v) is 4.47. The molecule has 5 heteroatoms. The molecule has 0 aliphatic carbocycles. The van der Waals surface area contributed by atoms with Crippen LogP contribution in [0.5, 0.6) is 0 Å². The highest BCUT2D eigenvalue weighted by Gasteiger charge is 2.13. The van der Waals surface area contributed by atoms with E-state index in [0.717, 1.165) is 44.9 Å². The van der Waals surface area contributed by atoms with Crippen molar-refractivity contribution in [3.05, 3.63) is 71.7 Å². The number of rotatable bonds is 3. The standard InChI is InChI=1S/C22H19N5/c1-4-16-11-17(20-9-6-8-19(26-20)15(3)23)12-21-18(16)13-24-27(21)22-10-5-7-14(2)25-22/h1,5-13,15H,23H2,2-3H3. The summed E-state index contributed by atoms with van der Waals surface area (Å²) in [5.74, 6) is 3.52. The molecule has 2 N–H and O–H groups in total. The van der Waals surface area contributed by atoms with Crippen LogP contribution in [0.15, 0.2) is 54.7 Å². The quantitative estimate of drug-likeness (QED) is 0.569. The van der Waals surface area contributed by atoms with Crippen LogP contribution >= 0.6 is 0 Å². The number of nitrogens with two attached hydrogens (primary N) is 1. The Morgan fingerprint density at radius 1 is 1.11 bits per heavy atom. The Bertz CT molecular complexity index is 1180. The summed E-state index contributed by atoms with van der Waals surface area (Å²) in [5.41, 5.74) is 11.2. The van der Waals surface area contributed by atoms with Crippen molar-refractivity contribution in [1.29, 1.82) is 0 Å². The van der Waals surface area contributed by atoms with Crippen molar-refractivity contribution in [2.75, 3.05) is 0 Å². The van der Waals surface area contributed by atoms with Crippen molar-refractivity contribution in [1.82, 2.24) is 19.7 Å². The van der Waals surface area contributed by atoms with Crippen LogP contribution in [-0.4, -0.2) is 19.7 Å². The molecule has 0 amide bonds. The maximum absolute atomic E-state index is 5.99. The minimum absolute atomic E-state index is 0.136. The molecule has 3 aromatic heterocycles. The topological polar surface area (TPSA) is 69.6 Å². The molecule has 0 saturated carbocycles. The zero-order valence-electron chi connectivity index (χ0n) is 15.2. The SMILES string of the molecule is C#Cc1cc(-c2cccc(C(C)N)n2)cc2c1cnn2-c1cccc(C)n1. The average molecular weight is 353 g/mol. The van der Waals surface area contributed by atoms with Gasteiger partial charge in [-0.1, -0.05) is 18.1 Å². The van der Waals surface area contributed by atoms with Gasteiger partial charge in [0, 0.05) is 28.2 Å². The number of hydrogen-bond donors (Lipinski definition) is 1. The van der Waals surface area contributed by atoms with E-state index in [0.29, 0.717) is 0 Å². The van der Waals surface area contributed by atoms with E-state index in [2.05, 4.69) is 21.0 Å². The van der Waals surface area contributed by atoms with Gasteiger partial charge in [0.05, 0.1) is 23.1 Å². The summed E-state index contributed by atoms with van der Waals surface area (Å²) >= 11 is 0. The van der Waals surface area contributed by atoms with Crippen molar-refractivity contribution >= 4 is 10.9 Å². The fourth-order valence-electron chi connectivity index (χ4n) is 3.09. The molecule has 4 aromatic rings. The number of hydrogen-bond acceptors (Lipinski definition) is 4. The van der Waals surface area contributed by atoms with Gasteiger partial charge < -0.3 is 5.73 Å². The molecule has 1 atom stereocenters. The predicted molar refractivity (Wildman–Crippen MR) is 107 cm³/mol. The summed E-state index contributed by atoms with van der Waals surface area (Å²) in [5, 5.41) is 5.42. The first-order valence-electron chi connectivity index (χ1n) is 8.72. The summed E-state index contributed by atoms with van der Waals surface area (Å²) in [6.45, 7) is 3.87. The number of pyridine rings is 2. The van der Waals surface area contributed by atoms with Gasteiger partial charge in [0.1, 0.15) is 0 Å². The molecule has 0 saturated heterocycles. The lowest BCUT2D eigenvalue weighted by Gasteiger charge is -2.09. The van der Waals surface area contributed by atoms with Crippen molar-refractivity contribution in [3.8, 4) is 29.4 Å². The van der Waals surface area contributed by atoms with Gasteiger partial charge in [0.25, 0.3) is 0 Å². The van der Waals surface area contributed by atoms with E-state index >= 15 is 0 Å². The van der Waals surface area contributed by atoms with Crippen molar-refractivity contribution in [2.24, 2.45) is 5.73 Å². The van der Waals surface area contributed by atoms with E-state index in [4.69, 9.17) is 12.2 Å². The second kappa shape index (κ2) is 6.67. The number of aromatic nitrogens is 4. The minimum Gasteiger partial charge on any atom is -0.323 e. The number of aryl methyl sites for hydroxylation is 1. The third kappa shape index (κ3) is 3.07. The first-order chi connectivity index (χ1) is 13.1. The smallest absolute Gasteiger partial charge is 0.154 e. The summed E-state index contributed by atoms with van der Waals surface area (Å²) in [4.78, 5) is 9.26. The lowest BCUT2D eigenvalue weighted by Crippen LogP contribution is -2.07. The molecule has 0 radical (unpaired) electrons. The lowest BCUT2D eigenvalue weighted by atomic mass is 10.0. The van der Waals surface area contributed by atoms with E-state index in [1.807, 2.05) is 67.1 Å². The molecular weight excluding hydrogens is 334 g/mol. The summed E-state index contributed by atoms with van der Waals surface area (Å²) in [6, 6.07) is 15.6. The fraction of sp³-hybridized carbons (Fsp3) is 0.136. The maximum atomic E-state index is 5.99. The van der Waals surface area contributed by atoms with Crippen LogP contribution in [0.25, 0.3) is 28.0 Å². The Morgan fingerprint density at radius 3 is 2.67 bits per heavy atom. The van der Waals surface area contributed by atoms with Gasteiger partial charge in [-0.25, -0.2) is 9.67 Å². The van der Waals surface area contributed by atoms with Gasteiger partial charge in [0.2, 0.25) is 0 Å². The van der Waals surface area contributed by atoms with Gasteiger partial charge in [0.15, 0.2) is 5.82 Å². The number of terminal acetylenes is 1. The van der Waals surface area contributed by atoms with Gasteiger partial charge in [-0.3, -0.25) is 4.98 Å². The van der Waals surface area contributed by atoms with Gasteiger partial charge in [-0.05, 0) is 50.2 Å². The van der Waals surface area contributed by atoms with Crippen LogP contribution in [0, 0.1) is 19.3 Å². The molecule has 4 rings (SSSR count). The van der Waals surface area contributed by atoms with Crippen molar-refractivity contribution in [2.45, 2.75) is 19.9 Å². The fourth-order valence-corrected chi connectivity index (χ4v) is 3.09. The number of nitrogens with zero attached hydrogens (tertiary/aromatic N) is 4. The Morgan fingerprint density at radius 2 is 1.93 bits per heavy atom. The molecule has 1 unspecified atom stereocenters. The van der Waals surface area contributed by atoms with E-state index in [1.165, 1.54) is 0 Å². The van der Waals surface area contributed by atoms with Gasteiger partial charge in [-0.2, -0.15) is 5.10 Å². The molecule has 0 aliphatic heterocycles. The molecule has 0 aliphatic rings. The highest BCUT2D eigenvalue weighted by molar-refractivity contribution is 5.90. The largest absolute Gasteiger partial charge is 0.323 e. The van der Waals surface area contributed by atoms with Gasteiger partial charge in [-0.15, -0.1) is 6.42 Å². The van der Waals surface area contributed by atoms with E-state index in [-0.39, 0.29) is 6.04 Å². The second-order valence-electron chi connectivity index (χ2n) is 6.53. The second-order valence-corrected chi connectivity index (χ2v) is 6.53. The third-order valence-electron chi connectivity index (χ3n) is 4.47. The molecule has 0 spiro atoms. The minimum atomic E-state index is -0.136. The Kier molecular flexibility index (Phi) is 4.19. The molecule has 0 fully saturated rings. The highest BCUT2D eigenvalue weighted by atomic mass is 15.3. The summed E-state index contributed by atoms with van der Waals surface area (Å²) < 4.78 is 1.81. The average Bonchev–Trinajstić information content (AvgIpc) is 3.11. The molecule has 1 aromatic carbocycles. The van der Waals surface area contributed by atoms with E-state index in [9.17, 15) is 0 Å². The molecule has 5 nitrogen and oxygen atoms in total. The summed E-state index contributed by atoms with van der Waals surface area (Å²) in [7, 11) is 0. The van der Waals surface area contributed by atoms with E-state index in [1.54, 1.807) is 6.20 Å². The summed E-state index contributed by atoms with van der Waals surface area (Å²) in [6.07, 6.45) is 7.55. The predicted octanol–water partition coefficient (Wildman–Crippen LogP) is 3.79. The molecule has 132 valence electrons. The number of benzene rings is 1. The first-order valence-corrected chi connectivity index (χ1v) is 8.72. The zero-order valence-corrected chi connectivity index (χ0v) is 15.2. The zero-order chi connectivity index (χ0) is 19.0. The van der Waals surface area contributed by atoms with Crippen LogP contribution in [0.1, 0.15) is 29.9 Å². The lowest BCUT2D eigenvalue weighted by molar-refractivity contribution is 0.782. The number of fused-ring (bicyclic) bond motifs is 1. The van der Waals surface area contributed by atoms with Crippen LogP contribution in [0.4, 0.5) is 0 Å². The molecule has 3 heterocycles. The molecule has 0 bridgehead atoms. The maximum Gasteiger partial charge on any atom is 0.154 e. The van der Waals surface area contributed by atoms with Crippen LogP contribution in [0.2, 0.25) is 0 Å². The monoisotopic (exact) mass is 353 g/mol. The first kappa shape index (κ1) is 17.0. The normalized spacial score (nSPS) is 12.1. The highest BCUT2D eigenvalue weighted by Crippen LogP contribution is 2.28. The Balaban J connectivity index is 1.95. The van der Waals surface area contributed by atoms with Crippen molar-refractivity contribution in [3.63, 3.8) is 0 Å². The van der Waals surface area contributed by atoms with Gasteiger partial charge >= 0.3 is 0 Å².